The number of anilines is 1. The van der Waals surface area contributed by atoms with Gasteiger partial charge in [0.15, 0.2) is 0 Å². The number of hydrogen-bond acceptors (Lipinski definition) is 3. The lowest BCUT2D eigenvalue weighted by Crippen LogP contribution is -2.11. The minimum atomic E-state index is -0.296. The highest BCUT2D eigenvalue weighted by molar-refractivity contribution is 7.17. The molecular formula is C19H14FN3OS. The molecule has 4 rings (SSSR count). The van der Waals surface area contributed by atoms with Gasteiger partial charge in [0, 0.05) is 28.4 Å². The van der Waals surface area contributed by atoms with Crippen molar-refractivity contribution in [2.24, 2.45) is 0 Å². The van der Waals surface area contributed by atoms with E-state index in [2.05, 4.69) is 15.3 Å². The number of H-pyrrole nitrogens is 1. The van der Waals surface area contributed by atoms with Gasteiger partial charge in [0.1, 0.15) is 15.7 Å². The van der Waals surface area contributed by atoms with Gasteiger partial charge in [-0.1, -0.05) is 0 Å². The molecule has 0 spiro atoms. The molecule has 2 N–H and O–H groups in total. The van der Waals surface area contributed by atoms with Crippen LogP contribution in [0.1, 0.15) is 15.4 Å². The molecule has 4 aromatic rings. The molecule has 0 aliphatic carbocycles. The summed E-state index contributed by atoms with van der Waals surface area (Å²) < 4.78 is 13.1. The lowest BCUT2D eigenvalue weighted by atomic mass is 10.2. The summed E-state index contributed by atoms with van der Waals surface area (Å²) >= 11 is 1.30. The normalized spacial score (nSPS) is 11.0. The van der Waals surface area contributed by atoms with Crippen LogP contribution in [-0.4, -0.2) is 15.9 Å². The van der Waals surface area contributed by atoms with Gasteiger partial charge in [-0.2, -0.15) is 0 Å². The van der Waals surface area contributed by atoms with E-state index in [1.54, 1.807) is 19.1 Å². The quantitative estimate of drug-likeness (QED) is 0.546. The van der Waals surface area contributed by atoms with Crippen LogP contribution in [0.2, 0.25) is 0 Å². The van der Waals surface area contributed by atoms with E-state index >= 15 is 0 Å². The largest absolute Gasteiger partial charge is 0.361 e. The monoisotopic (exact) mass is 351 g/mol. The van der Waals surface area contributed by atoms with Crippen LogP contribution in [-0.2, 0) is 0 Å². The van der Waals surface area contributed by atoms with Crippen molar-refractivity contribution in [2.75, 3.05) is 5.32 Å². The zero-order valence-electron chi connectivity index (χ0n) is 13.3. The molecule has 0 fully saturated rings. The Kier molecular flexibility index (Phi) is 3.82. The van der Waals surface area contributed by atoms with Crippen LogP contribution >= 0.6 is 11.3 Å². The van der Waals surface area contributed by atoms with E-state index in [0.29, 0.717) is 15.6 Å². The molecule has 0 radical (unpaired) electrons. The Bertz CT molecular complexity index is 1070. The molecule has 2 aromatic carbocycles. The Balaban J connectivity index is 1.60. The molecule has 25 heavy (non-hydrogen) atoms. The zero-order chi connectivity index (χ0) is 17.4. The summed E-state index contributed by atoms with van der Waals surface area (Å²) in [5, 5.41) is 4.64. The van der Waals surface area contributed by atoms with Crippen molar-refractivity contribution in [1.29, 1.82) is 0 Å². The van der Waals surface area contributed by atoms with E-state index in [1.807, 2.05) is 30.5 Å². The number of carbonyl (C=O) groups excluding carboxylic acids is 1. The van der Waals surface area contributed by atoms with Gasteiger partial charge in [-0.3, -0.25) is 4.79 Å². The topological polar surface area (TPSA) is 57.8 Å². The van der Waals surface area contributed by atoms with E-state index in [-0.39, 0.29) is 11.7 Å². The van der Waals surface area contributed by atoms with Crippen LogP contribution in [0.4, 0.5) is 10.1 Å². The van der Waals surface area contributed by atoms with Crippen molar-refractivity contribution in [2.45, 2.75) is 6.92 Å². The second kappa shape index (κ2) is 6.14. The van der Waals surface area contributed by atoms with Crippen molar-refractivity contribution in [3.05, 3.63) is 71.1 Å². The fraction of sp³-hybridized carbons (Fsp3) is 0.0526. The molecule has 6 heteroatoms. The molecule has 0 bridgehead atoms. The highest BCUT2D eigenvalue weighted by atomic mass is 32.1. The van der Waals surface area contributed by atoms with E-state index in [4.69, 9.17) is 0 Å². The second-order valence-electron chi connectivity index (χ2n) is 5.67. The van der Waals surface area contributed by atoms with Crippen LogP contribution < -0.4 is 5.32 Å². The first-order valence-corrected chi connectivity index (χ1v) is 8.54. The van der Waals surface area contributed by atoms with Gasteiger partial charge >= 0.3 is 0 Å². The number of halogens is 1. The van der Waals surface area contributed by atoms with Crippen LogP contribution in [0.3, 0.4) is 0 Å². The molecule has 1 amide bonds. The third-order valence-electron chi connectivity index (χ3n) is 3.91. The maximum Gasteiger partial charge on any atom is 0.267 e. The van der Waals surface area contributed by atoms with Gasteiger partial charge in [0.2, 0.25) is 0 Å². The van der Waals surface area contributed by atoms with Crippen molar-refractivity contribution in [3.8, 4) is 10.6 Å². The van der Waals surface area contributed by atoms with Crippen LogP contribution in [0, 0.1) is 12.7 Å². The van der Waals surface area contributed by atoms with Crippen molar-refractivity contribution < 1.29 is 9.18 Å². The molecule has 0 unspecified atom stereocenters. The number of aromatic nitrogens is 2. The first-order chi connectivity index (χ1) is 12.1. The minimum Gasteiger partial charge on any atom is -0.361 e. The fourth-order valence-corrected chi connectivity index (χ4v) is 3.61. The number of nitrogens with zero attached hydrogens (tertiary/aromatic N) is 1. The summed E-state index contributed by atoms with van der Waals surface area (Å²) in [7, 11) is 0. The molecule has 0 aliphatic rings. The summed E-state index contributed by atoms with van der Waals surface area (Å²) in [5.41, 5.74) is 3.20. The summed E-state index contributed by atoms with van der Waals surface area (Å²) in [6.45, 7) is 1.80. The average Bonchev–Trinajstić information content (AvgIpc) is 3.21. The average molecular weight is 351 g/mol. The predicted octanol–water partition coefficient (Wildman–Crippen LogP) is 4.99. The van der Waals surface area contributed by atoms with E-state index in [9.17, 15) is 9.18 Å². The van der Waals surface area contributed by atoms with Crippen molar-refractivity contribution in [1.82, 2.24) is 9.97 Å². The Morgan fingerprint density at radius 1 is 1.16 bits per heavy atom. The number of aromatic amines is 1. The molecule has 124 valence electrons. The van der Waals surface area contributed by atoms with Crippen LogP contribution in [0.5, 0.6) is 0 Å². The van der Waals surface area contributed by atoms with Crippen molar-refractivity contribution in [3.63, 3.8) is 0 Å². The molecule has 0 saturated carbocycles. The van der Waals surface area contributed by atoms with Gasteiger partial charge in [-0.05, 0) is 55.5 Å². The van der Waals surface area contributed by atoms with Crippen LogP contribution in [0.25, 0.3) is 21.5 Å². The predicted molar refractivity (Wildman–Crippen MR) is 98.5 cm³/mol. The zero-order valence-corrected chi connectivity index (χ0v) is 14.2. The van der Waals surface area contributed by atoms with Gasteiger partial charge < -0.3 is 10.3 Å². The first-order valence-electron chi connectivity index (χ1n) is 7.72. The highest BCUT2D eigenvalue weighted by Gasteiger charge is 2.16. The van der Waals surface area contributed by atoms with Gasteiger partial charge in [-0.15, -0.1) is 11.3 Å². The van der Waals surface area contributed by atoms with Crippen LogP contribution in [0.15, 0.2) is 54.7 Å². The number of fused-ring (bicyclic) bond motifs is 1. The van der Waals surface area contributed by atoms with E-state index in [0.717, 1.165) is 22.2 Å². The number of aryl methyl sites for hydroxylation is 1. The number of amides is 1. The summed E-state index contributed by atoms with van der Waals surface area (Å²) in [6, 6.07) is 13.7. The maximum atomic E-state index is 13.1. The molecule has 0 aliphatic heterocycles. The lowest BCUT2D eigenvalue weighted by molar-refractivity contribution is 0.103. The smallest absolute Gasteiger partial charge is 0.267 e. The van der Waals surface area contributed by atoms with E-state index < -0.39 is 0 Å². The second-order valence-corrected chi connectivity index (χ2v) is 6.67. The summed E-state index contributed by atoms with van der Waals surface area (Å²) in [6.07, 6.45) is 1.86. The molecule has 0 atom stereocenters. The number of rotatable bonds is 3. The molecule has 2 aromatic heterocycles. The third-order valence-corrected chi connectivity index (χ3v) is 5.11. The molecular weight excluding hydrogens is 337 g/mol. The Morgan fingerprint density at radius 2 is 1.96 bits per heavy atom. The molecule has 0 saturated heterocycles. The molecule has 2 heterocycles. The number of benzene rings is 2. The van der Waals surface area contributed by atoms with Crippen molar-refractivity contribution >= 4 is 33.8 Å². The Labute approximate surface area is 147 Å². The third kappa shape index (κ3) is 3.04. The van der Waals surface area contributed by atoms with E-state index in [1.165, 1.54) is 23.5 Å². The van der Waals surface area contributed by atoms with Gasteiger partial charge in [0.25, 0.3) is 5.91 Å². The Morgan fingerprint density at radius 3 is 2.76 bits per heavy atom. The summed E-state index contributed by atoms with van der Waals surface area (Å²) in [4.78, 5) is 20.7. The maximum absolute atomic E-state index is 13.1. The van der Waals surface area contributed by atoms with Gasteiger partial charge in [0.05, 0.1) is 5.69 Å². The first kappa shape index (κ1) is 15.5. The lowest BCUT2D eigenvalue weighted by Gasteiger charge is -2.04. The fourth-order valence-electron chi connectivity index (χ4n) is 2.64. The number of carbonyl (C=O) groups is 1. The highest BCUT2D eigenvalue weighted by Crippen LogP contribution is 2.29. The van der Waals surface area contributed by atoms with Gasteiger partial charge in [-0.25, -0.2) is 9.37 Å². The number of thiazole rings is 1. The minimum absolute atomic E-state index is 0.196. The standard InChI is InChI=1S/C19H14FN3OS/c1-11-17(25-19(22-11)12-2-4-14(20)5-3-12)18(24)23-15-6-7-16-13(10-15)8-9-21-16/h2-10,21H,1H3,(H,23,24). The SMILES string of the molecule is Cc1nc(-c2ccc(F)cc2)sc1C(=O)Nc1ccc2[nH]ccc2c1. The Hall–Kier alpha value is -2.99. The number of hydrogen-bond donors (Lipinski definition) is 2. The number of nitrogens with one attached hydrogen (secondary N) is 2. The molecule has 4 nitrogen and oxygen atoms in total. The summed E-state index contributed by atoms with van der Waals surface area (Å²) in [5.74, 6) is -0.492.